The number of hydrogen-bond donors (Lipinski definition) is 0. The van der Waals surface area contributed by atoms with Gasteiger partial charge in [0.2, 0.25) is 0 Å². The van der Waals surface area contributed by atoms with Crippen molar-refractivity contribution in [1.82, 2.24) is 0 Å². The molecule has 0 spiro atoms. The van der Waals surface area contributed by atoms with E-state index in [9.17, 15) is 9.59 Å². The van der Waals surface area contributed by atoms with Crippen molar-refractivity contribution < 1.29 is 19.1 Å². The molecule has 4 aliphatic carbocycles. The first-order chi connectivity index (χ1) is 12.8. The second-order valence-corrected chi connectivity index (χ2v) is 9.56. The fraction of sp³-hybridized carbons (Fsp3) is 0.739. The standard InChI is InChI=1S/C23H32O4/c1-5-26-21(25)27-20-9-8-17-16-7-6-15-12-19(24)14(2)13-23(15,4)18(16)10-11-22(17,20)3/h12,16-18,20H,2,5-11,13H2,1,3-4H3/t16-,17-,18-,20-,22+,23+/m1/s1. The van der Waals surface area contributed by atoms with Crippen LogP contribution in [0.1, 0.15) is 65.7 Å². The molecule has 0 heterocycles. The third kappa shape index (κ3) is 2.78. The zero-order chi connectivity index (χ0) is 19.4. The summed E-state index contributed by atoms with van der Waals surface area (Å²) in [6.07, 6.45) is 8.59. The Balaban J connectivity index is 1.58. The van der Waals surface area contributed by atoms with Gasteiger partial charge in [0.05, 0.1) is 6.61 Å². The van der Waals surface area contributed by atoms with Crippen molar-refractivity contribution in [2.24, 2.45) is 28.6 Å². The molecule has 0 amide bonds. The summed E-state index contributed by atoms with van der Waals surface area (Å²) >= 11 is 0. The van der Waals surface area contributed by atoms with E-state index in [0.29, 0.717) is 24.4 Å². The second kappa shape index (κ2) is 6.49. The summed E-state index contributed by atoms with van der Waals surface area (Å²) in [6.45, 7) is 10.9. The van der Waals surface area contributed by atoms with E-state index in [-0.39, 0.29) is 22.7 Å². The first kappa shape index (κ1) is 18.8. The van der Waals surface area contributed by atoms with E-state index in [0.717, 1.165) is 50.5 Å². The topological polar surface area (TPSA) is 52.6 Å². The summed E-state index contributed by atoms with van der Waals surface area (Å²) in [5.41, 5.74) is 2.25. The number of rotatable bonds is 2. The van der Waals surface area contributed by atoms with Crippen LogP contribution in [-0.4, -0.2) is 24.6 Å². The molecule has 4 nitrogen and oxygen atoms in total. The maximum Gasteiger partial charge on any atom is 0.508 e. The Labute approximate surface area is 162 Å². The van der Waals surface area contributed by atoms with Crippen LogP contribution in [0.15, 0.2) is 23.8 Å². The lowest BCUT2D eigenvalue weighted by molar-refractivity contribution is -0.113. The van der Waals surface area contributed by atoms with Crippen LogP contribution in [0.3, 0.4) is 0 Å². The van der Waals surface area contributed by atoms with Gasteiger partial charge in [-0.05, 0) is 86.7 Å². The molecule has 0 unspecified atom stereocenters. The number of ketones is 1. The molecular formula is C23H32O4. The highest BCUT2D eigenvalue weighted by Crippen LogP contribution is 2.65. The lowest BCUT2D eigenvalue weighted by Gasteiger charge is -2.57. The van der Waals surface area contributed by atoms with Crippen molar-refractivity contribution in [3.05, 3.63) is 23.8 Å². The Morgan fingerprint density at radius 1 is 1.22 bits per heavy atom. The largest absolute Gasteiger partial charge is 0.508 e. The molecule has 4 heteroatoms. The van der Waals surface area contributed by atoms with Crippen LogP contribution < -0.4 is 0 Å². The fourth-order valence-corrected chi connectivity index (χ4v) is 7.01. The van der Waals surface area contributed by atoms with E-state index >= 15 is 0 Å². The highest BCUT2D eigenvalue weighted by molar-refractivity contribution is 6.05. The molecule has 27 heavy (non-hydrogen) atoms. The normalized spacial score (nSPS) is 43.3. The van der Waals surface area contributed by atoms with Crippen LogP contribution in [0, 0.1) is 28.6 Å². The van der Waals surface area contributed by atoms with Gasteiger partial charge in [-0.25, -0.2) is 4.79 Å². The minimum absolute atomic E-state index is 0.0323. The molecule has 4 aliphatic rings. The molecular weight excluding hydrogens is 340 g/mol. The molecule has 3 fully saturated rings. The van der Waals surface area contributed by atoms with Crippen LogP contribution in [0.4, 0.5) is 4.79 Å². The Kier molecular flexibility index (Phi) is 4.51. The number of carbonyl (C=O) groups is 2. The second-order valence-electron chi connectivity index (χ2n) is 9.56. The van der Waals surface area contributed by atoms with Gasteiger partial charge in [0.1, 0.15) is 6.10 Å². The van der Waals surface area contributed by atoms with Gasteiger partial charge in [0, 0.05) is 5.41 Å². The molecule has 4 rings (SSSR count). The Morgan fingerprint density at radius 3 is 2.74 bits per heavy atom. The molecule has 3 saturated carbocycles. The average Bonchev–Trinajstić information content (AvgIpc) is 2.93. The lowest BCUT2D eigenvalue weighted by atomic mass is 9.47. The van der Waals surface area contributed by atoms with E-state index in [1.165, 1.54) is 5.57 Å². The van der Waals surface area contributed by atoms with Gasteiger partial charge in [0.15, 0.2) is 5.78 Å². The van der Waals surface area contributed by atoms with Crippen LogP contribution >= 0.6 is 0 Å². The van der Waals surface area contributed by atoms with Gasteiger partial charge in [0.25, 0.3) is 0 Å². The summed E-state index contributed by atoms with van der Waals surface area (Å²) in [4.78, 5) is 24.1. The van der Waals surface area contributed by atoms with Crippen LogP contribution in [-0.2, 0) is 14.3 Å². The van der Waals surface area contributed by atoms with Gasteiger partial charge in [-0.1, -0.05) is 26.0 Å². The fourth-order valence-electron chi connectivity index (χ4n) is 7.01. The predicted octanol–water partition coefficient (Wildman–Crippen LogP) is 5.23. The highest BCUT2D eigenvalue weighted by Gasteiger charge is 2.60. The highest BCUT2D eigenvalue weighted by atomic mass is 16.7. The summed E-state index contributed by atoms with van der Waals surface area (Å²) in [6, 6.07) is 0. The molecule has 0 aliphatic heterocycles. The quantitative estimate of drug-likeness (QED) is 0.492. The number of allylic oxidation sites excluding steroid dienone is 2. The first-order valence-electron chi connectivity index (χ1n) is 10.6. The number of hydrogen-bond acceptors (Lipinski definition) is 4. The summed E-state index contributed by atoms with van der Waals surface area (Å²) in [7, 11) is 0. The van der Waals surface area contributed by atoms with Gasteiger partial charge in [-0.15, -0.1) is 0 Å². The summed E-state index contributed by atoms with van der Waals surface area (Å²) < 4.78 is 10.8. The number of ether oxygens (including phenoxy) is 2. The Bertz CT molecular complexity index is 707. The lowest BCUT2D eigenvalue weighted by Crippen LogP contribution is -2.51. The van der Waals surface area contributed by atoms with Crippen molar-refractivity contribution in [3.8, 4) is 0 Å². The maximum atomic E-state index is 12.1. The number of fused-ring (bicyclic) bond motifs is 5. The Morgan fingerprint density at radius 2 is 2.00 bits per heavy atom. The zero-order valence-corrected chi connectivity index (χ0v) is 16.9. The number of carbonyl (C=O) groups excluding carboxylic acids is 2. The molecule has 0 aromatic carbocycles. The minimum atomic E-state index is -0.519. The van der Waals surface area contributed by atoms with Crippen LogP contribution in [0.5, 0.6) is 0 Å². The van der Waals surface area contributed by atoms with E-state index < -0.39 is 6.16 Å². The van der Waals surface area contributed by atoms with Crippen LogP contribution in [0.25, 0.3) is 0 Å². The molecule has 0 N–H and O–H groups in total. The van der Waals surface area contributed by atoms with Crippen molar-refractivity contribution >= 4 is 11.9 Å². The monoisotopic (exact) mass is 372 g/mol. The van der Waals surface area contributed by atoms with Gasteiger partial charge in [-0.3, -0.25) is 4.79 Å². The summed E-state index contributed by atoms with van der Waals surface area (Å²) in [5.74, 6) is 1.95. The van der Waals surface area contributed by atoms with Crippen molar-refractivity contribution in [2.75, 3.05) is 6.61 Å². The molecule has 0 radical (unpaired) electrons. The van der Waals surface area contributed by atoms with Gasteiger partial charge in [-0.2, -0.15) is 0 Å². The maximum absolute atomic E-state index is 12.1. The minimum Gasteiger partial charge on any atom is -0.435 e. The van der Waals surface area contributed by atoms with Crippen molar-refractivity contribution in [3.63, 3.8) is 0 Å². The van der Waals surface area contributed by atoms with Crippen LogP contribution in [0.2, 0.25) is 0 Å². The molecule has 148 valence electrons. The molecule has 0 saturated heterocycles. The van der Waals surface area contributed by atoms with E-state index in [1.54, 1.807) is 0 Å². The zero-order valence-electron chi connectivity index (χ0n) is 16.9. The summed E-state index contributed by atoms with van der Waals surface area (Å²) in [5, 5.41) is 0. The molecule has 0 bridgehead atoms. The van der Waals surface area contributed by atoms with Crippen molar-refractivity contribution in [2.45, 2.75) is 71.8 Å². The third-order valence-electron chi connectivity index (χ3n) is 8.38. The molecule has 0 aromatic heterocycles. The van der Waals surface area contributed by atoms with E-state index in [2.05, 4.69) is 20.4 Å². The Hall–Kier alpha value is -1.58. The first-order valence-corrected chi connectivity index (χ1v) is 10.6. The van der Waals surface area contributed by atoms with Gasteiger partial charge >= 0.3 is 6.16 Å². The van der Waals surface area contributed by atoms with E-state index in [4.69, 9.17) is 9.47 Å². The smallest absolute Gasteiger partial charge is 0.435 e. The molecule has 0 aromatic rings. The average molecular weight is 373 g/mol. The SMILES string of the molecule is C=C1C[C@@]2(C)C(=CC1=O)CC[C@@H]1[C@H]3CC[C@@H](OC(=O)OCC)[C@@]3(C)CC[C@H]12. The van der Waals surface area contributed by atoms with E-state index in [1.807, 2.05) is 13.0 Å². The molecule has 6 atom stereocenters. The van der Waals surface area contributed by atoms with Gasteiger partial charge < -0.3 is 9.47 Å². The third-order valence-corrected chi connectivity index (χ3v) is 8.38. The predicted molar refractivity (Wildman–Crippen MR) is 103 cm³/mol. The van der Waals surface area contributed by atoms with Crippen molar-refractivity contribution in [1.29, 1.82) is 0 Å².